The van der Waals surface area contributed by atoms with Crippen LogP contribution in [0.1, 0.15) is 18.5 Å². The lowest BCUT2D eigenvalue weighted by Crippen LogP contribution is -2.38. The number of hydrogen-bond acceptors (Lipinski definition) is 6. The summed E-state index contributed by atoms with van der Waals surface area (Å²) in [5, 5.41) is 5.53. The van der Waals surface area contributed by atoms with Gasteiger partial charge in [0.1, 0.15) is 0 Å². The Bertz CT molecular complexity index is 607. The van der Waals surface area contributed by atoms with Gasteiger partial charge in [0, 0.05) is 36.8 Å². The smallest absolute Gasteiger partial charge is 0.229 e. The zero-order valence-corrected chi connectivity index (χ0v) is 12.6. The van der Waals surface area contributed by atoms with Gasteiger partial charge < -0.3 is 10.2 Å². The van der Waals surface area contributed by atoms with Crippen LogP contribution >= 0.6 is 11.3 Å². The van der Waals surface area contributed by atoms with E-state index in [1.807, 2.05) is 12.3 Å². The van der Waals surface area contributed by atoms with E-state index < -0.39 is 0 Å². The van der Waals surface area contributed by atoms with Crippen molar-refractivity contribution >= 4 is 28.3 Å². The number of amides is 1. The number of rotatable bonds is 3. The molecule has 1 saturated heterocycles. The van der Waals surface area contributed by atoms with Gasteiger partial charge in [0.2, 0.25) is 11.9 Å². The van der Waals surface area contributed by atoms with Crippen molar-refractivity contribution in [3.8, 4) is 0 Å². The maximum absolute atomic E-state index is 12.2. The third-order valence-corrected chi connectivity index (χ3v) is 4.43. The molecule has 0 saturated carbocycles. The van der Waals surface area contributed by atoms with Crippen LogP contribution in [0.3, 0.4) is 0 Å². The molecular weight excluding hydrogens is 286 g/mol. The Balaban J connectivity index is 1.54. The first-order valence-electron chi connectivity index (χ1n) is 6.97. The molecule has 3 heterocycles. The second-order valence-corrected chi connectivity index (χ2v) is 5.95. The van der Waals surface area contributed by atoms with E-state index in [9.17, 15) is 4.79 Å². The summed E-state index contributed by atoms with van der Waals surface area (Å²) in [6, 6.07) is 1.81. The van der Waals surface area contributed by atoms with Gasteiger partial charge in [-0.1, -0.05) is 0 Å². The van der Waals surface area contributed by atoms with Crippen LogP contribution in [0.15, 0.2) is 23.8 Å². The van der Waals surface area contributed by atoms with Gasteiger partial charge in [-0.05, 0) is 25.8 Å². The second kappa shape index (κ2) is 6.17. The van der Waals surface area contributed by atoms with Crippen LogP contribution in [0.2, 0.25) is 0 Å². The molecule has 7 heteroatoms. The molecule has 6 nitrogen and oxygen atoms in total. The number of hydrogen-bond donors (Lipinski definition) is 1. The summed E-state index contributed by atoms with van der Waals surface area (Å²) in [5.41, 5.74) is 0.936. The van der Waals surface area contributed by atoms with Gasteiger partial charge >= 0.3 is 0 Å². The molecule has 0 atom stereocenters. The van der Waals surface area contributed by atoms with Crippen molar-refractivity contribution in [2.75, 3.05) is 23.3 Å². The third-order valence-electron chi connectivity index (χ3n) is 3.55. The van der Waals surface area contributed by atoms with Gasteiger partial charge in [-0.25, -0.2) is 15.0 Å². The number of aromatic nitrogens is 3. The van der Waals surface area contributed by atoms with Gasteiger partial charge in [0.25, 0.3) is 0 Å². The van der Waals surface area contributed by atoms with Crippen molar-refractivity contribution < 1.29 is 4.79 Å². The first-order valence-corrected chi connectivity index (χ1v) is 7.85. The van der Waals surface area contributed by atoms with E-state index in [1.165, 1.54) is 11.3 Å². The van der Waals surface area contributed by atoms with Crippen LogP contribution in [0.5, 0.6) is 0 Å². The number of anilines is 2. The fourth-order valence-electron chi connectivity index (χ4n) is 2.42. The molecule has 3 rings (SSSR count). The Kier molecular flexibility index (Phi) is 4.10. The third kappa shape index (κ3) is 3.36. The van der Waals surface area contributed by atoms with Crippen LogP contribution < -0.4 is 10.2 Å². The van der Waals surface area contributed by atoms with Crippen LogP contribution in [0, 0.1) is 12.8 Å². The van der Waals surface area contributed by atoms with Crippen molar-refractivity contribution in [3.05, 3.63) is 29.5 Å². The highest BCUT2D eigenvalue weighted by molar-refractivity contribution is 7.13. The Morgan fingerprint density at radius 1 is 1.33 bits per heavy atom. The van der Waals surface area contributed by atoms with E-state index >= 15 is 0 Å². The van der Waals surface area contributed by atoms with Gasteiger partial charge in [-0.15, -0.1) is 11.3 Å². The summed E-state index contributed by atoms with van der Waals surface area (Å²) in [7, 11) is 0. The van der Waals surface area contributed by atoms with Crippen LogP contribution in [0.4, 0.5) is 11.1 Å². The minimum atomic E-state index is 0.0363. The average Bonchev–Trinajstić information content (AvgIpc) is 2.93. The lowest BCUT2D eigenvalue weighted by atomic mass is 9.96. The number of nitrogens with one attached hydrogen (secondary N) is 1. The Labute approximate surface area is 127 Å². The highest BCUT2D eigenvalue weighted by atomic mass is 32.1. The standard InChI is InChI=1S/C14H17N5OS/c1-10-9-21-14(17-10)18-12(20)11-3-7-19(8-4-11)13-15-5-2-6-16-13/h2,5-6,9,11H,3-4,7-8H2,1H3,(H,17,18,20). The number of piperidine rings is 1. The van der Waals surface area contributed by atoms with Crippen LogP contribution in [0.25, 0.3) is 0 Å². The SMILES string of the molecule is Cc1csc(NC(=O)C2CCN(c3ncccn3)CC2)n1. The number of carbonyl (C=O) groups excluding carboxylic acids is 1. The molecule has 2 aromatic rings. The lowest BCUT2D eigenvalue weighted by Gasteiger charge is -2.30. The summed E-state index contributed by atoms with van der Waals surface area (Å²) in [6.45, 7) is 3.53. The Hall–Kier alpha value is -2.02. The maximum atomic E-state index is 12.2. The molecule has 0 spiro atoms. The normalized spacial score (nSPS) is 16.0. The summed E-state index contributed by atoms with van der Waals surface area (Å²) < 4.78 is 0. The number of nitrogens with zero attached hydrogens (tertiary/aromatic N) is 4. The van der Waals surface area contributed by atoms with E-state index in [0.29, 0.717) is 5.13 Å². The monoisotopic (exact) mass is 303 g/mol. The number of thiazole rings is 1. The molecular formula is C14H17N5OS. The fourth-order valence-corrected chi connectivity index (χ4v) is 3.11. The van der Waals surface area contributed by atoms with Crippen molar-refractivity contribution in [1.82, 2.24) is 15.0 Å². The predicted molar refractivity (Wildman–Crippen MR) is 82.4 cm³/mol. The van der Waals surface area contributed by atoms with E-state index in [4.69, 9.17) is 0 Å². The average molecular weight is 303 g/mol. The summed E-state index contributed by atoms with van der Waals surface area (Å²) >= 11 is 1.47. The maximum Gasteiger partial charge on any atom is 0.229 e. The predicted octanol–water partition coefficient (Wildman–Crippen LogP) is 2.10. The Morgan fingerprint density at radius 3 is 2.67 bits per heavy atom. The summed E-state index contributed by atoms with van der Waals surface area (Å²) in [4.78, 5) is 27.1. The van der Waals surface area contributed by atoms with Crippen molar-refractivity contribution in [3.63, 3.8) is 0 Å². The molecule has 1 amide bonds. The summed E-state index contributed by atoms with van der Waals surface area (Å²) in [6.07, 6.45) is 5.11. The molecule has 1 N–H and O–H groups in total. The lowest BCUT2D eigenvalue weighted by molar-refractivity contribution is -0.120. The van der Waals surface area contributed by atoms with E-state index in [-0.39, 0.29) is 11.8 Å². The zero-order valence-electron chi connectivity index (χ0n) is 11.8. The minimum Gasteiger partial charge on any atom is -0.341 e. The van der Waals surface area contributed by atoms with Crippen molar-refractivity contribution in [1.29, 1.82) is 0 Å². The van der Waals surface area contributed by atoms with Gasteiger partial charge in [0.05, 0.1) is 5.69 Å². The number of carbonyl (C=O) groups is 1. The minimum absolute atomic E-state index is 0.0363. The topological polar surface area (TPSA) is 71.0 Å². The van der Waals surface area contributed by atoms with Crippen LogP contribution in [-0.4, -0.2) is 33.9 Å². The van der Waals surface area contributed by atoms with E-state index in [1.54, 1.807) is 18.5 Å². The molecule has 0 unspecified atom stereocenters. The molecule has 110 valence electrons. The zero-order chi connectivity index (χ0) is 14.7. The molecule has 0 aromatic carbocycles. The number of aryl methyl sites for hydroxylation is 1. The first-order chi connectivity index (χ1) is 10.2. The Morgan fingerprint density at radius 2 is 2.05 bits per heavy atom. The van der Waals surface area contributed by atoms with Crippen LogP contribution in [-0.2, 0) is 4.79 Å². The van der Waals surface area contributed by atoms with E-state index in [0.717, 1.165) is 37.6 Å². The van der Waals surface area contributed by atoms with Gasteiger partial charge in [-0.3, -0.25) is 4.79 Å². The molecule has 0 aliphatic carbocycles. The van der Waals surface area contributed by atoms with Gasteiger partial charge in [0.15, 0.2) is 5.13 Å². The molecule has 1 aliphatic heterocycles. The van der Waals surface area contributed by atoms with E-state index in [2.05, 4.69) is 25.2 Å². The second-order valence-electron chi connectivity index (χ2n) is 5.09. The molecule has 0 radical (unpaired) electrons. The quantitative estimate of drug-likeness (QED) is 0.940. The highest BCUT2D eigenvalue weighted by Gasteiger charge is 2.26. The summed E-state index contributed by atoms with van der Waals surface area (Å²) in [5.74, 6) is 0.846. The highest BCUT2D eigenvalue weighted by Crippen LogP contribution is 2.22. The molecule has 1 aliphatic rings. The molecule has 2 aromatic heterocycles. The van der Waals surface area contributed by atoms with Crippen molar-refractivity contribution in [2.24, 2.45) is 5.92 Å². The fraction of sp³-hybridized carbons (Fsp3) is 0.429. The molecule has 1 fully saturated rings. The van der Waals surface area contributed by atoms with Gasteiger partial charge in [-0.2, -0.15) is 0 Å². The van der Waals surface area contributed by atoms with Crippen molar-refractivity contribution in [2.45, 2.75) is 19.8 Å². The molecule has 0 bridgehead atoms. The largest absolute Gasteiger partial charge is 0.341 e. The molecule has 21 heavy (non-hydrogen) atoms. The first kappa shape index (κ1) is 13.9.